The number of carbonyl (C=O) groups is 1. The molecule has 9 nitrogen and oxygen atoms in total. The fourth-order valence-corrected chi connectivity index (χ4v) is 6.75. The van der Waals surface area contributed by atoms with Gasteiger partial charge in [-0.3, -0.25) is 4.79 Å². The van der Waals surface area contributed by atoms with E-state index in [0.29, 0.717) is 11.7 Å². The number of thiophene rings is 1. The highest BCUT2D eigenvalue weighted by atomic mass is 32.1. The van der Waals surface area contributed by atoms with E-state index in [0.717, 1.165) is 77.4 Å². The van der Waals surface area contributed by atoms with E-state index in [1.54, 1.807) is 24.8 Å². The second-order valence-electron chi connectivity index (χ2n) is 8.89. The molecule has 176 valence electrons. The highest BCUT2D eigenvalue weighted by molar-refractivity contribution is 7.19. The van der Waals surface area contributed by atoms with Gasteiger partial charge in [-0.1, -0.05) is 4.49 Å². The predicted molar refractivity (Wildman–Crippen MR) is 134 cm³/mol. The lowest BCUT2D eigenvalue weighted by Crippen LogP contribution is -2.49. The number of aryl methyl sites for hydroxylation is 1. The fourth-order valence-electron chi connectivity index (χ4n) is 4.90. The molecule has 11 heteroatoms. The van der Waals surface area contributed by atoms with Crippen LogP contribution in [0.1, 0.15) is 16.9 Å². The number of rotatable bonds is 4. The second-order valence-corrected chi connectivity index (χ2v) is 10.8. The van der Waals surface area contributed by atoms with Gasteiger partial charge in [0.05, 0.1) is 22.9 Å². The van der Waals surface area contributed by atoms with Crippen LogP contribution in [-0.4, -0.2) is 75.6 Å². The van der Waals surface area contributed by atoms with Crippen molar-refractivity contribution in [1.82, 2.24) is 29.4 Å². The molecule has 1 aliphatic carbocycles. The number of aromatic nitrogens is 4. The third kappa shape index (κ3) is 3.77. The quantitative estimate of drug-likeness (QED) is 0.461. The number of fused-ring (bicyclic) bond motifs is 4. The summed E-state index contributed by atoms with van der Waals surface area (Å²) in [7, 11) is 3.76. The molecule has 0 spiro atoms. The molecular formula is C23H25N7O2S2. The smallest absolute Gasteiger partial charge is 0.226 e. The molecule has 1 amide bonds. The highest BCUT2D eigenvalue weighted by Gasteiger charge is 2.32. The molecule has 1 aromatic carbocycles. The Morgan fingerprint density at radius 3 is 2.88 bits per heavy atom. The Morgan fingerprint density at radius 2 is 2.06 bits per heavy atom. The van der Waals surface area contributed by atoms with Gasteiger partial charge >= 0.3 is 0 Å². The molecule has 0 radical (unpaired) electrons. The van der Waals surface area contributed by atoms with Crippen molar-refractivity contribution in [3.8, 4) is 5.75 Å². The third-order valence-corrected chi connectivity index (χ3v) is 8.68. The zero-order chi connectivity index (χ0) is 23.2. The Labute approximate surface area is 204 Å². The van der Waals surface area contributed by atoms with Gasteiger partial charge < -0.3 is 19.9 Å². The number of hydrogen-bond acceptors (Lipinski definition) is 10. The maximum atomic E-state index is 13.2. The van der Waals surface area contributed by atoms with E-state index < -0.39 is 0 Å². The van der Waals surface area contributed by atoms with Crippen molar-refractivity contribution in [2.75, 3.05) is 45.7 Å². The van der Waals surface area contributed by atoms with Crippen LogP contribution in [0, 0.1) is 5.92 Å². The number of nitrogens with one attached hydrogen (secondary N) is 1. The van der Waals surface area contributed by atoms with E-state index in [9.17, 15) is 4.79 Å². The molecule has 0 unspecified atom stereocenters. The van der Waals surface area contributed by atoms with Crippen LogP contribution in [0.25, 0.3) is 20.4 Å². The number of likely N-dealkylation sites (N-methyl/N-ethyl adjacent to an activating group) is 1. The molecule has 3 aromatic heterocycles. The first-order chi connectivity index (χ1) is 16.6. The summed E-state index contributed by atoms with van der Waals surface area (Å²) in [5.41, 5.74) is 2.90. The summed E-state index contributed by atoms with van der Waals surface area (Å²) in [5, 5.41) is 8.67. The van der Waals surface area contributed by atoms with Crippen LogP contribution in [0.4, 0.5) is 11.5 Å². The number of nitrogens with zero attached hydrogens (tertiary/aromatic N) is 6. The number of anilines is 2. The highest BCUT2D eigenvalue weighted by Crippen LogP contribution is 2.42. The fraction of sp³-hybridized carbons (Fsp3) is 0.435. The van der Waals surface area contributed by atoms with Gasteiger partial charge in [0.25, 0.3) is 0 Å². The van der Waals surface area contributed by atoms with Crippen LogP contribution < -0.4 is 10.1 Å². The molecular weight excluding hydrogens is 470 g/mol. The number of piperazine rings is 1. The molecule has 0 bridgehead atoms. The van der Waals surface area contributed by atoms with E-state index in [1.807, 2.05) is 17.0 Å². The zero-order valence-corrected chi connectivity index (χ0v) is 20.7. The van der Waals surface area contributed by atoms with Crippen LogP contribution in [0.15, 0.2) is 18.5 Å². The Morgan fingerprint density at radius 1 is 1.21 bits per heavy atom. The van der Waals surface area contributed by atoms with Crippen molar-refractivity contribution < 1.29 is 9.53 Å². The number of ether oxygens (including phenoxy) is 1. The first-order valence-corrected chi connectivity index (χ1v) is 13.0. The van der Waals surface area contributed by atoms with Crippen LogP contribution in [-0.2, 0) is 17.6 Å². The minimum absolute atomic E-state index is 0.0506. The molecule has 1 fully saturated rings. The largest absolute Gasteiger partial charge is 0.494 e. The van der Waals surface area contributed by atoms with Crippen LogP contribution in [0.5, 0.6) is 5.75 Å². The second kappa shape index (κ2) is 8.71. The number of amides is 1. The lowest BCUT2D eigenvalue weighted by atomic mass is 9.86. The van der Waals surface area contributed by atoms with E-state index >= 15 is 0 Å². The normalized spacial score (nSPS) is 18.9. The van der Waals surface area contributed by atoms with Crippen molar-refractivity contribution >= 4 is 60.7 Å². The van der Waals surface area contributed by atoms with Gasteiger partial charge in [0.1, 0.15) is 28.2 Å². The van der Waals surface area contributed by atoms with Gasteiger partial charge in [-0.15, -0.1) is 16.4 Å². The molecule has 1 aliphatic heterocycles. The topological polar surface area (TPSA) is 96.4 Å². The summed E-state index contributed by atoms with van der Waals surface area (Å²) in [6.07, 6.45) is 4.10. The van der Waals surface area contributed by atoms with Crippen molar-refractivity contribution in [3.63, 3.8) is 0 Å². The molecule has 4 aromatic rings. The molecule has 34 heavy (non-hydrogen) atoms. The Bertz CT molecular complexity index is 1380. The number of hydrogen-bond donors (Lipinski definition) is 1. The van der Waals surface area contributed by atoms with Gasteiger partial charge in [-0.2, -0.15) is 0 Å². The lowest BCUT2D eigenvalue weighted by molar-refractivity contribution is -0.137. The number of benzene rings is 1. The van der Waals surface area contributed by atoms with Gasteiger partial charge in [-0.05, 0) is 49.5 Å². The Kier molecular flexibility index (Phi) is 5.54. The average Bonchev–Trinajstić information content (AvgIpc) is 3.47. The van der Waals surface area contributed by atoms with Crippen LogP contribution in [0.3, 0.4) is 0 Å². The van der Waals surface area contributed by atoms with E-state index in [-0.39, 0.29) is 5.92 Å². The Balaban J connectivity index is 1.30. The van der Waals surface area contributed by atoms with Gasteiger partial charge in [0.2, 0.25) is 5.91 Å². The average molecular weight is 496 g/mol. The molecule has 1 saturated heterocycles. The summed E-state index contributed by atoms with van der Waals surface area (Å²) in [6, 6.07) is 3.88. The first kappa shape index (κ1) is 21.6. The molecule has 0 saturated carbocycles. The maximum absolute atomic E-state index is 13.2. The number of carbonyl (C=O) groups excluding carboxylic acids is 1. The molecule has 4 heterocycles. The summed E-state index contributed by atoms with van der Waals surface area (Å²) < 4.78 is 10.6. The Hall–Kier alpha value is -2.89. The molecule has 6 rings (SSSR count). The first-order valence-electron chi connectivity index (χ1n) is 11.4. The zero-order valence-electron chi connectivity index (χ0n) is 19.1. The van der Waals surface area contributed by atoms with Crippen molar-refractivity contribution in [1.29, 1.82) is 0 Å². The summed E-state index contributed by atoms with van der Waals surface area (Å²) in [6.45, 7) is 3.55. The van der Waals surface area contributed by atoms with Crippen LogP contribution in [0.2, 0.25) is 0 Å². The minimum Gasteiger partial charge on any atom is -0.494 e. The standard InChI is InChI=1S/C23H25N7O2S2/c1-29-5-7-30(8-6-29)23(31)13-3-4-14-18(9-13)33-22-20(14)21(24-12-25-22)26-15-11-19-16(27-28-34-19)10-17(15)32-2/h10-13H,3-9H2,1-2H3,(H,24,25,26)/t13-/m0/s1. The predicted octanol–water partition coefficient (Wildman–Crippen LogP) is 3.33. The summed E-state index contributed by atoms with van der Waals surface area (Å²) >= 11 is 3.04. The van der Waals surface area contributed by atoms with E-state index in [1.165, 1.54) is 22.0 Å². The third-order valence-electron chi connectivity index (χ3n) is 6.83. The van der Waals surface area contributed by atoms with E-state index in [2.05, 4.69) is 36.8 Å². The molecule has 2 aliphatic rings. The minimum atomic E-state index is 0.0506. The summed E-state index contributed by atoms with van der Waals surface area (Å²) in [4.78, 5) is 28.9. The van der Waals surface area contributed by atoms with Gasteiger partial charge in [0.15, 0.2) is 0 Å². The molecule has 1 N–H and O–H groups in total. The van der Waals surface area contributed by atoms with Gasteiger partial charge in [0, 0.05) is 43.0 Å². The van der Waals surface area contributed by atoms with Crippen molar-refractivity contribution in [3.05, 3.63) is 28.9 Å². The van der Waals surface area contributed by atoms with Crippen molar-refractivity contribution in [2.24, 2.45) is 5.92 Å². The lowest BCUT2D eigenvalue weighted by Gasteiger charge is -2.35. The monoisotopic (exact) mass is 495 g/mol. The van der Waals surface area contributed by atoms with E-state index in [4.69, 9.17) is 4.74 Å². The number of methoxy groups -OCH3 is 1. The van der Waals surface area contributed by atoms with Crippen LogP contribution >= 0.6 is 22.9 Å². The van der Waals surface area contributed by atoms with Gasteiger partial charge in [-0.25, -0.2) is 9.97 Å². The SMILES string of the molecule is COc1cc2nnsc2cc1Nc1ncnc2sc3c(c12)CC[C@H](C(=O)N1CCN(C)CC1)C3. The van der Waals surface area contributed by atoms with Crippen molar-refractivity contribution in [2.45, 2.75) is 19.3 Å². The molecule has 1 atom stereocenters. The maximum Gasteiger partial charge on any atom is 0.226 e. The summed E-state index contributed by atoms with van der Waals surface area (Å²) in [5.74, 6) is 1.81.